The molecule has 19 heavy (non-hydrogen) atoms. The van der Waals surface area contributed by atoms with Crippen LogP contribution in [0.3, 0.4) is 0 Å². The van der Waals surface area contributed by atoms with Gasteiger partial charge in [-0.05, 0) is 33.3 Å². The van der Waals surface area contributed by atoms with Crippen LogP contribution in [0.5, 0.6) is 0 Å². The maximum Gasteiger partial charge on any atom is 0.328 e. The molecule has 0 aliphatic rings. The molecule has 0 spiro atoms. The van der Waals surface area contributed by atoms with Crippen LogP contribution in [0.1, 0.15) is 30.3 Å². The summed E-state index contributed by atoms with van der Waals surface area (Å²) in [5.41, 5.74) is 0.746. The molecule has 0 fully saturated rings. The van der Waals surface area contributed by atoms with Gasteiger partial charge in [0.1, 0.15) is 10.9 Å². The van der Waals surface area contributed by atoms with E-state index in [4.69, 9.17) is 4.74 Å². The second-order valence-electron chi connectivity index (χ2n) is 4.35. The zero-order valence-corrected chi connectivity index (χ0v) is 12.2. The number of ether oxygens (including phenoxy) is 1. The summed E-state index contributed by atoms with van der Waals surface area (Å²) in [7, 11) is 0. The van der Waals surface area contributed by atoms with Crippen molar-refractivity contribution in [2.75, 3.05) is 6.61 Å². The number of thiophene rings is 1. The van der Waals surface area contributed by atoms with Crippen LogP contribution in [0.4, 0.5) is 0 Å². The van der Waals surface area contributed by atoms with E-state index in [9.17, 15) is 9.59 Å². The summed E-state index contributed by atoms with van der Waals surface area (Å²) < 4.78 is 6.27. The molecule has 2 rings (SSSR count). The van der Waals surface area contributed by atoms with Gasteiger partial charge in [-0.25, -0.2) is 9.78 Å². The molecule has 0 saturated carbocycles. The van der Waals surface area contributed by atoms with Gasteiger partial charge in [0.2, 0.25) is 0 Å². The topological polar surface area (TPSA) is 61.2 Å². The molecular weight excluding hydrogens is 264 g/mol. The number of aryl methyl sites for hydroxylation is 2. The molecular formula is C13H16N2O3S. The van der Waals surface area contributed by atoms with Crippen LogP contribution < -0.4 is 5.56 Å². The molecule has 6 heteroatoms. The van der Waals surface area contributed by atoms with Crippen molar-refractivity contribution < 1.29 is 9.53 Å². The third-order valence-electron chi connectivity index (χ3n) is 3.16. The molecule has 2 aromatic rings. The molecule has 0 unspecified atom stereocenters. The number of hydrogen-bond acceptors (Lipinski definition) is 5. The van der Waals surface area contributed by atoms with Gasteiger partial charge >= 0.3 is 5.97 Å². The van der Waals surface area contributed by atoms with Crippen LogP contribution in [0.15, 0.2) is 11.1 Å². The first-order chi connectivity index (χ1) is 8.97. The number of nitrogens with zero attached hydrogens (tertiary/aromatic N) is 2. The van der Waals surface area contributed by atoms with E-state index >= 15 is 0 Å². The van der Waals surface area contributed by atoms with E-state index in [-0.39, 0.29) is 5.56 Å². The van der Waals surface area contributed by atoms with Gasteiger partial charge in [0.05, 0.1) is 18.3 Å². The van der Waals surface area contributed by atoms with Crippen molar-refractivity contribution in [2.24, 2.45) is 0 Å². The highest BCUT2D eigenvalue weighted by Gasteiger charge is 2.20. The van der Waals surface area contributed by atoms with E-state index in [1.165, 1.54) is 22.2 Å². The van der Waals surface area contributed by atoms with Gasteiger partial charge < -0.3 is 4.74 Å². The van der Waals surface area contributed by atoms with Gasteiger partial charge in [-0.2, -0.15) is 0 Å². The lowest BCUT2D eigenvalue weighted by molar-refractivity contribution is -0.146. The number of aromatic nitrogens is 2. The van der Waals surface area contributed by atoms with Crippen LogP contribution in [0.2, 0.25) is 0 Å². The number of fused-ring (bicyclic) bond motifs is 1. The Balaban J connectivity index is 2.57. The molecule has 2 aromatic heterocycles. The first kappa shape index (κ1) is 13.7. The summed E-state index contributed by atoms with van der Waals surface area (Å²) in [6, 6.07) is -0.663. The molecule has 0 bridgehead atoms. The Labute approximate surface area is 114 Å². The Morgan fingerprint density at radius 2 is 2.21 bits per heavy atom. The third kappa shape index (κ3) is 2.28. The molecule has 0 N–H and O–H groups in total. The van der Waals surface area contributed by atoms with Crippen molar-refractivity contribution in [2.45, 2.75) is 33.7 Å². The number of esters is 1. The smallest absolute Gasteiger partial charge is 0.328 e. The van der Waals surface area contributed by atoms with E-state index < -0.39 is 12.0 Å². The summed E-state index contributed by atoms with van der Waals surface area (Å²) in [6.07, 6.45) is 1.42. The number of carbonyl (C=O) groups excluding carboxylic acids is 1. The van der Waals surface area contributed by atoms with Crippen LogP contribution in [0, 0.1) is 13.8 Å². The largest absolute Gasteiger partial charge is 0.464 e. The Kier molecular flexibility index (Phi) is 3.71. The molecule has 0 aliphatic carbocycles. The Bertz CT molecular complexity index is 687. The van der Waals surface area contributed by atoms with E-state index in [1.54, 1.807) is 13.8 Å². The molecule has 0 aliphatic heterocycles. The van der Waals surface area contributed by atoms with Crippen molar-refractivity contribution in [1.29, 1.82) is 0 Å². The molecule has 102 valence electrons. The molecule has 1 atom stereocenters. The molecule has 0 saturated heterocycles. The Morgan fingerprint density at radius 1 is 1.53 bits per heavy atom. The normalized spacial score (nSPS) is 12.6. The fourth-order valence-electron chi connectivity index (χ4n) is 1.90. The zero-order chi connectivity index (χ0) is 14.2. The second kappa shape index (κ2) is 5.13. The van der Waals surface area contributed by atoms with E-state index in [1.807, 2.05) is 13.8 Å². The lowest BCUT2D eigenvalue weighted by Gasteiger charge is -2.13. The molecule has 5 nitrogen and oxygen atoms in total. The van der Waals surface area contributed by atoms with Gasteiger partial charge in [-0.3, -0.25) is 9.36 Å². The Morgan fingerprint density at radius 3 is 2.84 bits per heavy atom. The lowest BCUT2D eigenvalue weighted by Crippen LogP contribution is -2.29. The summed E-state index contributed by atoms with van der Waals surface area (Å²) in [5.74, 6) is -0.421. The maximum absolute atomic E-state index is 12.4. The lowest BCUT2D eigenvalue weighted by atomic mass is 10.2. The quantitative estimate of drug-likeness (QED) is 0.809. The van der Waals surface area contributed by atoms with Crippen LogP contribution in [-0.4, -0.2) is 22.1 Å². The summed E-state index contributed by atoms with van der Waals surface area (Å²) in [4.78, 5) is 30.2. The fourth-order valence-corrected chi connectivity index (χ4v) is 2.89. The first-order valence-corrected chi connectivity index (χ1v) is 6.92. The molecule has 2 heterocycles. The SMILES string of the molecule is CCOC(=O)[C@H](C)n1cnc2sc(C)c(C)c2c1=O. The van der Waals surface area contributed by atoms with Crippen LogP contribution in [-0.2, 0) is 9.53 Å². The number of rotatable bonds is 3. The molecule has 0 radical (unpaired) electrons. The summed E-state index contributed by atoms with van der Waals surface area (Å²) >= 11 is 1.49. The summed E-state index contributed by atoms with van der Waals surface area (Å²) in [5, 5.41) is 0.598. The zero-order valence-electron chi connectivity index (χ0n) is 11.4. The van der Waals surface area contributed by atoms with Crippen molar-refractivity contribution >= 4 is 27.5 Å². The minimum Gasteiger partial charge on any atom is -0.464 e. The monoisotopic (exact) mass is 280 g/mol. The van der Waals surface area contributed by atoms with Crippen LogP contribution >= 0.6 is 11.3 Å². The minimum atomic E-state index is -0.663. The van der Waals surface area contributed by atoms with E-state index in [2.05, 4.69) is 4.98 Å². The number of hydrogen-bond donors (Lipinski definition) is 0. The first-order valence-electron chi connectivity index (χ1n) is 6.10. The van der Waals surface area contributed by atoms with Crippen LogP contribution in [0.25, 0.3) is 10.2 Å². The maximum atomic E-state index is 12.4. The third-order valence-corrected chi connectivity index (χ3v) is 4.27. The predicted molar refractivity (Wildman–Crippen MR) is 74.7 cm³/mol. The van der Waals surface area contributed by atoms with Crippen molar-refractivity contribution in [3.8, 4) is 0 Å². The molecule has 0 amide bonds. The highest BCUT2D eigenvalue weighted by atomic mass is 32.1. The minimum absolute atomic E-state index is 0.188. The Hall–Kier alpha value is -1.69. The second-order valence-corrected chi connectivity index (χ2v) is 5.55. The van der Waals surface area contributed by atoms with Gasteiger partial charge in [0.15, 0.2) is 0 Å². The predicted octanol–water partition coefficient (Wildman–Crippen LogP) is 2.20. The van der Waals surface area contributed by atoms with Crippen molar-refractivity contribution in [3.63, 3.8) is 0 Å². The van der Waals surface area contributed by atoms with Gasteiger partial charge in [-0.1, -0.05) is 0 Å². The van der Waals surface area contributed by atoms with Gasteiger partial charge in [-0.15, -0.1) is 11.3 Å². The standard InChI is InChI=1S/C13H16N2O3S/c1-5-18-13(17)8(3)15-6-14-11-10(12(15)16)7(2)9(4)19-11/h6,8H,5H2,1-4H3/t8-/m0/s1. The number of carbonyl (C=O) groups is 1. The van der Waals surface area contributed by atoms with Crippen molar-refractivity contribution in [1.82, 2.24) is 9.55 Å². The van der Waals surface area contributed by atoms with Gasteiger partial charge in [0, 0.05) is 4.88 Å². The molecule has 0 aromatic carbocycles. The average molecular weight is 280 g/mol. The van der Waals surface area contributed by atoms with Gasteiger partial charge in [0.25, 0.3) is 5.56 Å². The average Bonchev–Trinajstić information content (AvgIpc) is 2.66. The highest BCUT2D eigenvalue weighted by molar-refractivity contribution is 7.18. The van der Waals surface area contributed by atoms with E-state index in [0.717, 1.165) is 10.4 Å². The van der Waals surface area contributed by atoms with Crippen molar-refractivity contribution in [3.05, 3.63) is 27.1 Å². The highest BCUT2D eigenvalue weighted by Crippen LogP contribution is 2.25. The summed E-state index contributed by atoms with van der Waals surface area (Å²) in [6.45, 7) is 7.53. The fraction of sp³-hybridized carbons (Fsp3) is 0.462. The van der Waals surface area contributed by atoms with E-state index in [0.29, 0.717) is 16.8 Å².